The second-order valence-corrected chi connectivity index (χ2v) is 6.76. The molecule has 0 aliphatic rings. The lowest BCUT2D eigenvalue weighted by Crippen LogP contribution is -1.73. The van der Waals surface area contributed by atoms with Gasteiger partial charge >= 0.3 is 0 Å². The molecule has 0 N–H and O–H groups in total. The Hall–Kier alpha value is -1.13. The zero-order valence-electron chi connectivity index (χ0n) is 10.2. The van der Waals surface area contributed by atoms with Gasteiger partial charge < -0.3 is 0 Å². The van der Waals surface area contributed by atoms with Crippen LogP contribution in [0.4, 0.5) is 0 Å². The molecule has 84 valence electrons. The van der Waals surface area contributed by atoms with Gasteiger partial charge in [0.15, 0.2) is 0 Å². The summed E-state index contributed by atoms with van der Waals surface area (Å²) in [6.45, 7) is 6.69. The zero-order chi connectivity index (χ0) is 11.8. The van der Waals surface area contributed by atoms with E-state index in [1.165, 1.54) is 11.1 Å². The number of benzene rings is 2. The minimum absolute atomic E-state index is 0.380. The van der Waals surface area contributed by atoms with E-state index in [4.69, 9.17) is 0 Å². The van der Waals surface area contributed by atoms with Crippen LogP contribution in [0, 0.1) is 0 Å². The molecule has 0 heterocycles. The molecule has 2 aromatic rings. The summed E-state index contributed by atoms with van der Waals surface area (Å²) in [5.74, 6) is 0. The molecule has 0 saturated heterocycles. The number of hydrogen-bond donors (Lipinski definition) is 0. The van der Waals surface area contributed by atoms with Crippen molar-refractivity contribution in [3.05, 3.63) is 60.7 Å². The van der Waals surface area contributed by atoms with Crippen molar-refractivity contribution in [3.63, 3.8) is 0 Å². The molecule has 0 aliphatic heterocycles. The van der Waals surface area contributed by atoms with Gasteiger partial charge in [0, 0.05) is 0 Å². The Balaban J connectivity index is 0.000000280. The quantitative estimate of drug-likeness (QED) is 0.622. The Labute approximate surface area is 100 Å². The van der Waals surface area contributed by atoms with Crippen molar-refractivity contribution in [2.24, 2.45) is 0 Å². The van der Waals surface area contributed by atoms with Crippen molar-refractivity contribution < 1.29 is 0 Å². The van der Waals surface area contributed by atoms with Crippen LogP contribution in [0.15, 0.2) is 60.7 Å². The molecule has 0 radical (unpaired) electrons. The average Bonchev–Trinajstić information content (AvgIpc) is 2.31. The summed E-state index contributed by atoms with van der Waals surface area (Å²) in [6, 6.07) is 20.8. The third kappa shape index (κ3) is 5.09. The molecule has 16 heavy (non-hydrogen) atoms. The van der Waals surface area contributed by atoms with Crippen LogP contribution in [0.2, 0.25) is 0 Å². The summed E-state index contributed by atoms with van der Waals surface area (Å²) in [5.41, 5.74) is 2.55. The SMILES string of the molecule is CP(C)C.c1ccc(-c2ccccc2)cc1. The van der Waals surface area contributed by atoms with E-state index in [2.05, 4.69) is 68.5 Å². The van der Waals surface area contributed by atoms with Crippen LogP contribution in [0.1, 0.15) is 0 Å². The molecule has 2 rings (SSSR count). The maximum absolute atomic E-state index is 2.23. The predicted molar refractivity (Wildman–Crippen MR) is 76.6 cm³/mol. The molecule has 0 amide bonds. The molecule has 0 atom stereocenters. The molecule has 0 fully saturated rings. The van der Waals surface area contributed by atoms with E-state index in [-0.39, 0.29) is 0 Å². The molecule has 0 bridgehead atoms. The van der Waals surface area contributed by atoms with Gasteiger partial charge in [-0.15, -0.1) is 7.92 Å². The normalized spacial score (nSPS) is 9.50. The predicted octanol–water partition coefficient (Wildman–Crippen LogP) is 4.71. The maximum atomic E-state index is 2.23. The smallest absolute Gasteiger partial charge is 0.0184 e. The Kier molecular flexibility index (Phi) is 5.82. The lowest BCUT2D eigenvalue weighted by Gasteiger charge is -1.98. The van der Waals surface area contributed by atoms with Crippen molar-refractivity contribution in [1.29, 1.82) is 0 Å². The highest BCUT2D eigenvalue weighted by Crippen LogP contribution is 2.17. The van der Waals surface area contributed by atoms with Gasteiger partial charge in [-0.2, -0.15) is 0 Å². The topological polar surface area (TPSA) is 0 Å². The van der Waals surface area contributed by atoms with Crippen LogP contribution in [0.25, 0.3) is 11.1 Å². The number of hydrogen-bond acceptors (Lipinski definition) is 0. The first kappa shape index (κ1) is 12.9. The molecule has 0 saturated carbocycles. The third-order valence-corrected chi connectivity index (χ3v) is 1.88. The van der Waals surface area contributed by atoms with Crippen LogP contribution < -0.4 is 0 Å². The van der Waals surface area contributed by atoms with Gasteiger partial charge in [-0.05, 0) is 31.1 Å². The molecular formula is C15H19P. The van der Waals surface area contributed by atoms with Crippen LogP contribution in [-0.2, 0) is 0 Å². The highest BCUT2D eigenvalue weighted by Gasteiger charge is 1.91. The summed E-state index contributed by atoms with van der Waals surface area (Å²) < 4.78 is 0. The van der Waals surface area contributed by atoms with Gasteiger partial charge in [0.05, 0.1) is 0 Å². The van der Waals surface area contributed by atoms with Gasteiger partial charge in [0.25, 0.3) is 0 Å². The lowest BCUT2D eigenvalue weighted by atomic mass is 10.1. The third-order valence-electron chi connectivity index (χ3n) is 1.88. The molecule has 2 aromatic carbocycles. The molecule has 0 spiro atoms. The summed E-state index contributed by atoms with van der Waals surface area (Å²) in [5, 5.41) is 0. The fourth-order valence-electron chi connectivity index (χ4n) is 1.26. The van der Waals surface area contributed by atoms with E-state index in [9.17, 15) is 0 Å². The first-order valence-corrected chi connectivity index (χ1v) is 8.10. The Morgan fingerprint density at radius 3 is 1.06 bits per heavy atom. The molecule has 0 nitrogen and oxygen atoms in total. The second kappa shape index (κ2) is 7.19. The highest BCUT2D eigenvalue weighted by molar-refractivity contribution is 7.55. The molecule has 0 aromatic heterocycles. The van der Waals surface area contributed by atoms with E-state index in [0.717, 1.165) is 0 Å². The van der Waals surface area contributed by atoms with Gasteiger partial charge in [0.1, 0.15) is 0 Å². The first-order valence-electron chi connectivity index (χ1n) is 5.41. The lowest BCUT2D eigenvalue weighted by molar-refractivity contribution is 1.62. The summed E-state index contributed by atoms with van der Waals surface area (Å²) >= 11 is 0. The maximum Gasteiger partial charge on any atom is -0.0184 e. The Bertz CT molecular complexity index is 338. The fraction of sp³-hybridized carbons (Fsp3) is 0.200. The van der Waals surface area contributed by atoms with Crippen molar-refractivity contribution in [1.82, 2.24) is 0 Å². The van der Waals surface area contributed by atoms with Crippen LogP contribution in [0.3, 0.4) is 0 Å². The van der Waals surface area contributed by atoms with Crippen LogP contribution >= 0.6 is 7.92 Å². The Morgan fingerprint density at radius 1 is 0.562 bits per heavy atom. The van der Waals surface area contributed by atoms with E-state index in [1.807, 2.05) is 12.1 Å². The van der Waals surface area contributed by atoms with Gasteiger partial charge in [-0.25, -0.2) is 0 Å². The highest BCUT2D eigenvalue weighted by atomic mass is 31.1. The molecule has 0 aliphatic carbocycles. The fourth-order valence-corrected chi connectivity index (χ4v) is 1.26. The largest absolute Gasteiger partial charge is 0.116 e. The molecular weight excluding hydrogens is 211 g/mol. The minimum Gasteiger partial charge on any atom is -0.116 e. The van der Waals surface area contributed by atoms with Crippen LogP contribution in [0.5, 0.6) is 0 Å². The van der Waals surface area contributed by atoms with E-state index >= 15 is 0 Å². The standard InChI is InChI=1S/C12H10.C3H9P/c1-3-7-11(8-4-1)12-9-5-2-6-10-12;1-4(2)3/h1-10H;1-3H3. The van der Waals surface area contributed by atoms with Gasteiger partial charge in [-0.1, -0.05) is 60.7 Å². The van der Waals surface area contributed by atoms with Crippen LogP contribution in [-0.4, -0.2) is 20.0 Å². The summed E-state index contributed by atoms with van der Waals surface area (Å²) in [6.07, 6.45) is 0. The van der Waals surface area contributed by atoms with Gasteiger partial charge in [0.2, 0.25) is 0 Å². The van der Waals surface area contributed by atoms with Crippen molar-refractivity contribution >= 4 is 7.92 Å². The van der Waals surface area contributed by atoms with E-state index in [1.54, 1.807) is 0 Å². The zero-order valence-corrected chi connectivity index (χ0v) is 11.1. The summed E-state index contributed by atoms with van der Waals surface area (Å²) in [4.78, 5) is 0. The van der Waals surface area contributed by atoms with Crippen molar-refractivity contribution in [3.8, 4) is 11.1 Å². The minimum atomic E-state index is 0.380. The second-order valence-electron chi connectivity index (χ2n) is 4.07. The van der Waals surface area contributed by atoms with E-state index in [0.29, 0.717) is 7.92 Å². The van der Waals surface area contributed by atoms with E-state index < -0.39 is 0 Å². The summed E-state index contributed by atoms with van der Waals surface area (Å²) in [7, 11) is 0.380. The Morgan fingerprint density at radius 2 is 0.812 bits per heavy atom. The molecule has 1 heteroatoms. The van der Waals surface area contributed by atoms with Crippen molar-refractivity contribution in [2.45, 2.75) is 0 Å². The first-order chi connectivity index (χ1) is 7.70. The monoisotopic (exact) mass is 230 g/mol. The number of rotatable bonds is 1. The molecule has 0 unspecified atom stereocenters. The average molecular weight is 230 g/mol. The van der Waals surface area contributed by atoms with Gasteiger partial charge in [-0.3, -0.25) is 0 Å². The van der Waals surface area contributed by atoms with Crippen molar-refractivity contribution in [2.75, 3.05) is 20.0 Å².